The standard InChI is InChI=1S/C18H30ClN5O/c1-5-15(24-10-6-7-17(24)25)8-9-21-18(20-2)23(4)13-16-11-14(19)12-22(16)3/h11-12,15H,5-10,13H2,1-4H3,(H,20,21). The smallest absolute Gasteiger partial charge is 0.222 e. The highest BCUT2D eigenvalue weighted by Gasteiger charge is 2.26. The van der Waals surface area contributed by atoms with Gasteiger partial charge in [0.1, 0.15) is 0 Å². The second-order valence-electron chi connectivity index (χ2n) is 6.63. The van der Waals surface area contributed by atoms with E-state index >= 15 is 0 Å². The van der Waals surface area contributed by atoms with Gasteiger partial charge in [-0.3, -0.25) is 9.79 Å². The van der Waals surface area contributed by atoms with Crippen molar-refractivity contribution in [1.29, 1.82) is 0 Å². The van der Waals surface area contributed by atoms with Gasteiger partial charge in [0, 0.05) is 58.6 Å². The van der Waals surface area contributed by atoms with Crippen molar-refractivity contribution in [3.63, 3.8) is 0 Å². The average Bonchev–Trinajstić information content (AvgIpc) is 3.13. The van der Waals surface area contributed by atoms with E-state index < -0.39 is 0 Å². The first-order chi connectivity index (χ1) is 12.0. The molecule has 140 valence electrons. The minimum absolute atomic E-state index is 0.300. The molecule has 0 spiro atoms. The molecule has 1 aliphatic rings. The number of carbonyl (C=O) groups is 1. The Morgan fingerprint density at radius 1 is 1.52 bits per heavy atom. The molecule has 1 amide bonds. The first-order valence-corrected chi connectivity index (χ1v) is 9.36. The van der Waals surface area contributed by atoms with Gasteiger partial charge in [-0.15, -0.1) is 0 Å². The number of nitrogens with one attached hydrogen (secondary N) is 1. The third-order valence-corrected chi connectivity index (χ3v) is 5.04. The Hall–Kier alpha value is -1.69. The molecular weight excluding hydrogens is 338 g/mol. The molecule has 1 unspecified atom stereocenters. The largest absolute Gasteiger partial charge is 0.356 e. The van der Waals surface area contributed by atoms with Gasteiger partial charge in [-0.2, -0.15) is 0 Å². The van der Waals surface area contributed by atoms with Gasteiger partial charge in [0.15, 0.2) is 5.96 Å². The molecule has 0 bridgehead atoms. The molecule has 1 N–H and O–H groups in total. The van der Waals surface area contributed by atoms with E-state index in [1.54, 1.807) is 7.05 Å². The van der Waals surface area contributed by atoms with E-state index in [1.165, 1.54) is 0 Å². The monoisotopic (exact) mass is 367 g/mol. The summed E-state index contributed by atoms with van der Waals surface area (Å²) >= 11 is 6.05. The van der Waals surface area contributed by atoms with Crippen molar-refractivity contribution in [1.82, 2.24) is 19.7 Å². The Kier molecular flexibility index (Phi) is 7.17. The second-order valence-corrected chi connectivity index (χ2v) is 7.07. The minimum Gasteiger partial charge on any atom is -0.356 e. The Labute approximate surface area is 155 Å². The van der Waals surface area contributed by atoms with Crippen molar-refractivity contribution in [2.75, 3.05) is 27.2 Å². The number of aliphatic imine (C=N–C) groups is 1. The molecule has 25 heavy (non-hydrogen) atoms. The predicted octanol–water partition coefficient (Wildman–Crippen LogP) is 2.48. The number of guanidine groups is 1. The van der Waals surface area contributed by atoms with Crippen LogP contribution in [0.25, 0.3) is 0 Å². The van der Waals surface area contributed by atoms with Gasteiger partial charge >= 0.3 is 0 Å². The van der Waals surface area contributed by atoms with Gasteiger partial charge in [-0.1, -0.05) is 18.5 Å². The lowest BCUT2D eigenvalue weighted by Gasteiger charge is -2.28. The fourth-order valence-electron chi connectivity index (χ4n) is 3.41. The van der Waals surface area contributed by atoms with Crippen LogP contribution in [0.3, 0.4) is 0 Å². The van der Waals surface area contributed by atoms with Crippen molar-refractivity contribution in [3.8, 4) is 0 Å². The molecule has 0 aliphatic carbocycles. The molecule has 1 aliphatic heterocycles. The number of aromatic nitrogens is 1. The maximum atomic E-state index is 11.9. The number of rotatable bonds is 7. The maximum Gasteiger partial charge on any atom is 0.222 e. The topological polar surface area (TPSA) is 52.9 Å². The van der Waals surface area contributed by atoms with Gasteiger partial charge in [-0.05, 0) is 25.3 Å². The number of halogens is 1. The van der Waals surface area contributed by atoms with Crippen molar-refractivity contribution >= 4 is 23.5 Å². The van der Waals surface area contributed by atoms with E-state index in [0.29, 0.717) is 18.4 Å². The molecule has 1 aromatic rings. The summed E-state index contributed by atoms with van der Waals surface area (Å²) in [5, 5.41) is 4.16. The summed E-state index contributed by atoms with van der Waals surface area (Å²) in [6, 6.07) is 2.29. The Bertz CT molecular complexity index is 613. The van der Waals surface area contributed by atoms with Crippen LogP contribution in [-0.2, 0) is 18.4 Å². The predicted molar refractivity (Wildman–Crippen MR) is 103 cm³/mol. The summed E-state index contributed by atoms with van der Waals surface area (Å²) in [4.78, 5) is 20.4. The number of hydrogen-bond acceptors (Lipinski definition) is 2. The lowest BCUT2D eigenvalue weighted by molar-refractivity contribution is -0.129. The normalized spacial score (nSPS) is 16.4. The summed E-state index contributed by atoms with van der Waals surface area (Å²) in [6.07, 6.45) is 5.52. The molecular formula is C18H30ClN5O. The summed E-state index contributed by atoms with van der Waals surface area (Å²) < 4.78 is 2.03. The Morgan fingerprint density at radius 2 is 2.28 bits per heavy atom. The van der Waals surface area contributed by atoms with Gasteiger partial charge in [0.25, 0.3) is 0 Å². The Morgan fingerprint density at radius 3 is 2.80 bits per heavy atom. The zero-order valence-electron chi connectivity index (χ0n) is 15.8. The highest BCUT2D eigenvalue weighted by molar-refractivity contribution is 6.30. The molecule has 2 rings (SSSR count). The number of carbonyl (C=O) groups excluding carboxylic acids is 1. The quantitative estimate of drug-likeness (QED) is 0.595. The summed E-state index contributed by atoms with van der Waals surface area (Å²) in [5.41, 5.74) is 1.13. The highest BCUT2D eigenvalue weighted by atomic mass is 35.5. The zero-order chi connectivity index (χ0) is 18.4. The molecule has 0 aromatic carbocycles. The SMILES string of the molecule is CCC(CCNC(=NC)N(C)Cc1cc(Cl)cn1C)N1CCCC1=O. The first-order valence-electron chi connectivity index (χ1n) is 8.98. The van der Waals surface area contributed by atoms with Crippen LogP contribution in [0, 0.1) is 0 Å². The molecule has 1 atom stereocenters. The van der Waals surface area contributed by atoms with Crippen LogP contribution in [-0.4, -0.2) is 59.5 Å². The minimum atomic E-state index is 0.300. The van der Waals surface area contributed by atoms with Crippen LogP contribution in [0.2, 0.25) is 5.02 Å². The van der Waals surface area contributed by atoms with Gasteiger partial charge in [0.05, 0.1) is 11.6 Å². The molecule has 1 saturated heterocycles. The molecule has 0 radical (unpaired) electrons. The van der Waals surface area contributed by atoms with Crippen molar-refractivity contribution in [2.24, 2.45) is 12.0 Å². The summed E-state index contributed by atoms with van der Waals surface area (Å²) in [7, 11) is 5.79. The van der Waals surface area contributed by atoms with E-state index in [-0.39, 0.29) is 0 Å². The molecule has 1 aromatic heterocycles. The van der Waals surface area contributed by atoms with E-state index in [9.17, 15) is 4.79 Å². The van der Waals surface area contributed by atoms with Crippen LogP contribution in [0.5, 0.6) is 0 Å². The average molecular weight is 368 g/mol. The number of aryl methyl sites for hydroxylation is 1. The van der Waals surface area contributed by atoms with Gasteiger partial charge < -0.3 is 19.7 Å². The van der Waals surface area contributed by atoms with Crippen LogP contribution in [0.4, 0.5) is 0 Å². The fraction of sp³-hybridized carbons (Fsp3) is 0.667. The lowest BCUT2D eigenvalue weighted by atomic mass is 10.1. The number of likely N-dealkylation sites (tertiary alicyclic amines) is 1. The van der Waals surface area contributed by atoms with Crippen molar-refractivity contribution < 1.29 is 4.79 Å². The number of nitrogens with zero attached hydrogens (tertiary/aromatic N) is 4. The van der Waals surface area contributed by atoms with Crippen LogP contribution < -0.4 is 5.32 Å². The van der Waals surface area contributed by atoms with Gasteiger partial charge in [0.2, 0.25) is 5.91 Å². The maximum absolute atomic E-state index is 11.9. The molecule has 1 fully saturated rings. The molecule has 7 heteroatoms. The molecule has 2 heterocycles. The van der Waals surface area contributed by atoms with Crippen molar-refractivity contribution in [2.45, 2.75) is 45.2 Å². The van der Waals surface area contributed by atoms with Crippen molar-refractivity contribution in [3.05, 3.63) is 23.0 Å². The van der Waals surface area contributed by atoms with E-state index in [4.69, 9.17) is 11.6 Å². The third kappa shape index (κ3) is 5.14. The van der Waals surface area contributed by atoms with E-state index in [1.807, 2.05) is 35.8 Å². The van der Waals surface area contributed by atoms with Crippen LogP contribution in [0.15, 0.2) is 17.3 Å². The molecule has 0 saturated carbocycles. The second kappa shape index (κ2) is 9.13. The number of amides is 1. The third-order valence-electron chi connectivity index (χ3n) is 4.83. The zero-order valence-corrected chi connectivity index (χ0v) is 16.5. The van der Waals surface area contributed by atoms with Gasteiger partial charge in [-0.25, -0.2) is 0 Å². The highest BCUT2D eigenvalue weighted by Crippen LogP contribution is 2.18. The first kappa shape index (κ1) is 19.6. The fourth-order valence-corrected chi connectivity index (χ4v) is 3.68. The Balaban J connectivity index is 1.84. The van der Waals surface area contributed by atoms with Crippen LogP contribution >= 0.6 is 11.6 Å². The van der Waals surface area contributed by atoms with E-state index in [2.05, 4.69) is 22.1 Å². The van der Waals surface area contributed by atoms with Crippen LogP contribution in [0.1, 0.15) is 38.3 Å². The molecule has 6 nitrogen and oxygen atoms in total. The number of hydrogen-bond donors (Lipinski definition) is 1. The lowest BCUT2D eigenvalue weighted by Crippen LogP contribution is -2.42. The summed E-state index contributed by atoms with van der Waals surface area (Å²) in [6.45, 7) is 4.58. The van der Waals surface area contributed by atoms with E-state index in [0.717, 1.165) is 55.6 Å². The summed E-state index contributed by atoms with van der Waals surface area (Å²) in [5.74, 6) is 1.15.